The van der Waals surface area contributed by atoms with E-state index in [1.54, 1.807) is 0 Å². The zero-order valence-electron chi connectivity index (χ0n) is 9.16. The van der Waals surface area contributed by atoms with E-state index in [1.165, 1.54) is 19.3 Å². The molecule has 2 rings (SSSR count). The largest absolute Gasteiger partial charge is 0.380 e. The Bertz CT molecular complexity index is 186. The normalized spacial score (nSPS) is 37.7. The molecule has 14 heavy (non-hydrogen) atoms. The Hall–Kier alpha value is -0.120. The van der Waals surface area contributed by atoms with Gasteiger partial charge in [0, 0.05) is 18.6 Å². The van der Waals surface area contributed by atoms with Gasteiger partial charge in [-0.25, -0.2) is 0 Å². The third kappa shape index (κ3) is 1.95. The summed E-state index contributed by atoms with van der Waals surface area (Å²) in [6.45, 7) is 3.67. The molecule has 4 unspecified atom stereocenters. The van der Waals surface area contributed by atoms with Crippen molar-refractivity contribution in [3.05, 3.63) is 0 Å². The van der Waals surface area contributed by atoms with Gasteiger partial charge >= 0.3 is 0 Å². The molecule has 2 aliphatic rings. The number of hydrogen-bond donors (Lipinski definition) is 1. The molecule has 0 aromatic carbocycles. The van der Waals surface area contributed by atoms with Gasteiger partial charge < -0.3 is 14.8 Å². The first-order valence-corrected chi connectivity index (χ1v) is 5.75. The second-order valence-electron chi connectivity index (χ2n) is 4.33. The maximum atomic E-state index is 5.85. The van der Waals surface area contributed by atoms with Crippen molar-refractivity contribution in [2.45, 2.75) is 44.4 Å². The Balaban J connectivity index is 1.85. The van der Waals surface area contributed by atoms with Crippen LogP contribution in [0.4, 0.5) is 0 Å². The van der Waals surface area contributed by atoms with Crippen LogP contribution >= 0.6 is 0 Å². The van der Waals surface area contributed by atoms with Crippen LogP contribution < -0.4 is 5.32 Å². The van der Waals surface area contributed by atoms with Crippen molar-refractivity contribution in [2.24, 2.45) is 5.92 Å². The SMILES string of the molecule is CCOCC(NC)C1CC2CCC1O2. The maximum absolute atomic E-state index is 5.85. The van der Waals surface area contributed by atoms with Gasteiger partial charge in [-0.3, -0.25) is 0 Å². The van der Waals surface area contributed by atoms with E-state index in [1.807, 2.05) is 14.0 Å². The minimum Gasteiger partial charge on any atom is -0.380 e. The van der Waals surface area contributed by atoms with E-state index in [9.17, 15) is 0 Å². The highest BCUT2D eigenvalue weighted by Crippen LogP contribution is 2.40. The second kappa shape index (κ2) is 4.60. The van der Waals surface area contributed by atoms with Gasteiger partial charge in [0.25, 0.3) is 0 Å². The lowest BCUT2D eigenvalue weighted by atomic mass is 9.84. The van der Waals surface area contributed by atoms with Crippen molar-refractivity contribution in [1.29, 1.82) is 0 Å². The highest BCUT2D eigenvalue weighted by molar-refractivity contribution is 4.94. The van der Waals surface area contributed by atoms with E-state index in [4.69, 9.17) is 9.47 Å². The molecule has 3 heteroatoms. The average Bonchev–Trinajstić information content (AvgIpc) is 2.80. The third-order valence-electron chi connectivity index (χ3n) is 3.54. The van der Waals surface area contributed by atoms with Crippen LogP contribution in [0, 0.1) is 5.92 Å². The Labute approximate surface area is 86.2 Å². The summed E-state index contributed by atoms with van der Waals surface area (Å²) >= 11 is 0. The average molecular weight is 199 g/mol. The summed E-state index contributed by atoms with van der Waals surface area (Å²) in [6, 6.07) is 0.477. The number of ether oxygens (including phenoxy) is 2. The fourth-order valence-electron chi connectivity index (χ4n) is 2.77. The molecule has 0 spiro atoms. The van der Waals surface area contributed by atoms with Crippen molar-refractivity contribution >= 4 is 0 Å². The summed E-state index contributed by atoms with van der Waals surface area (Å²) in [6.07, 6.45) is 4.79. The Morgan fingerprint density at radius 1 is 1.50 bits per heavy atom. The van der Waals surface area contributed by atoms with Crippen molar-refractivity contribution < 1.29 is 9.47 Å². The van der Waals surface area contributed by atoms with Crippen LogP contribution in [-0.4, -0.2) is 38.5 Å². The van der Waals surface area contributed by atoms with Crippen LogP contribution in [0.25, 0.3) is 0 Å². The van der Waals surface area contributed by atoms with Crippen LogP contribution in [0.15, 0.2) is 0 Å². The molecule has 2 aliphatic heterocycles. The summed E-state index contributed by atoms with van der Waals surface area (Å²) in [5.74, 6) is 0.672. The summed E-state index contributed by atoms with van der Waals surface area (Å²) in [4.78, 5) is 0. The zero-order valence-corrected chi connectivity index (χ0v) is 9.16. The van der Waals surface area contributed by atoms with Crippen LogP contribution in [0.2, 0.25) is 0 Å². The Morgan fingerprint density at radius 2 is 2.36 bits per heavy atom. The van der Waals surface area contributed by atoms with Crippen molar-refractivity contribution in [2.75, 3.05) is 20.3 Å². The first-order chi connectivity index (χ1) is 6.85. The Morgan fingerprint density at radius 3 is 2.86 bits per heavy atom. The molecule has 0 aromatic rings. The molecule has 2 fully saturated rings. The molecule has 0 radical (unpaired) electrons. The topological polar surface area (TPSA) is 30.5 Å². The molecule has 2 saturated heterocycles. The monoisotopic (exact) mass is 199 g/mol. The first-order valence-electron chi connectivity index (χ1n) is 5.75. The van der Waals surface area contributed by atoms with E-state index < -0.39 is 0 Å². The molecule has 4 atom stereocenters. The molecule has 0 aromatic heterocycles. The predicted octanol–water partition coefficient (Wildman–Crippen LogP) is 1.18. The minimum atomic E-state index is 0.477. The molecule has 3 nitrogen and oxygen atoms in total. The number of hydrogen-bond acceptors (Lipinski definition) is 3. The third-order valence-corrected chi connectivity index (χ3v) is 3.54. The fraction of sp³-hybridized carbons (Fsp3) is 1.00. The molecule has 0 saturated carbocycles. The van der Waals surface area contributed by atoms with Gasteiger partial charge in [0.05, 0.1) is 18.8 Å². The predicted molar refractivity (Wildman–Crippen MR) is 55.3 cm³/mol. The van der Waals surface area contributed by atoms with Gasteiger partial charge in [-0.15, -0.1) is 0 Å². The molecule has 2 bridgehead atoms. The number of nitrogens with one attached hydrogen (secondary N) is 1. The molecule has 82 valence electrons. The summed E-state index contributed by atoms with van der Waals surface area (Å²) < 4.78 is 11.3. The van der Waals surface area contributed by atoms with E-state index in [2.05, 4.69) is 5.32 Å². The van der Waals surface area contributed by atoms with E-state index in [0.29, 0.717) is 24.2 Å². The minimum absolute atomic E-state index is 0.477. The van der Waals surface area contributed by atoms with Crippen LogP contribution in [0.1, 0.15) is 26.2 Å². The van der Waals surface area contributed by atoms with Crippen molar-refractivity contribution in [3.8, 4) is 0 Å². The van der Waals surface area contributed by atoms with Gasteiger partial charge in [-0.1, -0.05) is 0 Å². The molecule has 1 N–H and O–H groups in total. The summed E-state index contributed by atoms with van der Waals surface area (Å²) in [5.41, 5.74) is 0. The molecular weight excluding hydrogens is 178 g/mol. The lowest BCUT2D eigenvalue weighted by molar-refractivity contribution is 0.0629. The molecular formula is C11H21NO2. The number of fused-ring (bicyclic) bond motifs is 2. The highest BCUT2D eigenvalue weighted by atomic mass is 16.5. The smallest absolute Gasteiger partial charge is 0.0624 e. The van der Waals surface area contributed by atoms with Gasteiger partial charge in [0.2, 0.25) is 0 Å². The van der Waals surface area contributed by atoms with Gasteiger partial charge in [-0.2, -0.15) is 0 Å². The Kier molecular flexibility index (Phi) is 3.42. The van der Waals surface area contributed by atoms with Crippen LogP contribution in [-0.2, 0) is 9.47 Å². The maximum Gasteiger partial charge on any atom is 0.0624 e. The quantitative estimate of drug-likeness (QED) is 0.721. The lowest BCUT2D eigenvalue weighted by Crippen LogP contribution is -2.42. The first kappa shape index (κ1) is 10.4. The van der Waals surface area contributed by atoms with E-state index in [-0.39, 0.29) is 0 Å². The van der Waals surface area contributed by atoms with E-state index in [0.717, 1.165) is 13.2 Å². The number of rotatable bonds is 5. The van der Waals surface area contributed by atoms with Gasteiger partial charge in [-0.05, 0) is 33.2 Å². The number of likely N-dealkylation sites (N-methyl/N-ethyl adjacent to an activating group) is 1. The molecule has 0 amide bonds. The van der Waals surface area contributed by atoms with Gasteiger partial charge in [0.1, 0.15) is 0 Å². The van der Waals surface area contributed by atoms with E-state index >= 15 is 0 Å². The highest BCUT2D eigenvalue weighted by Gasteiger charge is 2.43. The summed E-state index contributed by atoms with van der Waals surface area (Å²) in [7, 11) is 2.02. The second-order valence-corrected chi connectivity index (χ2v) is 4.33. The van der Waals surface area contributed by atoms with Gasteiger partial charge in [0.15, 0.2) is 0 Å². The lowest BCUT2D eigenvalue weighted by Gasteiger charge is -2.27. The van der Waals surface area contributed by atoms with Crippen LogP contribution in [0.3, 0.4) is 0 Å². The standard InChI is InChI=1S/C11H21NO2/c1-3-13-7-10(12-2)9-6-8-4-5-11(9)14-8/h8-12H,3-7H2,1-2H3. The summed E-state index contributed by atoms with van der Waals surface area (Å²) in [5, 5.41) is 3.36. The molecule has 2 heterocycles. The van der Waals surface area contributed by atoms with Crippen molar-refractivity contribution in [3.63, 3.8) is 0 Å². The van der Waals surface area contributed by atoms with Crippen LogP contribution in [0.5, 0.6) is 0 Å². The molecule has 0 aliphatic carbocycles. The fourth-order valence-corrected chi connectivity index (χ4v) is 2.77. The van der Waals surface area contributed by atoms with Crippen molar-refractivity contribution in [1.82, 2.24) is 5.32 Å². The zero-order chi connectivity index (χ0) is 9.97.